The second-order valence-electron chi connectivity index (χ2n) is 4.49. The highest BCUT2D eigenvalue weighted by molar-refractivity contribution is 6.21. The Labute approximate surface area is 120 Å². The average molecular weight is 293 g/mol. The summed E-state index contributed by atoms with van der Waals surface area (Å²) in [5.41, 5.74) is 0.940. The number of aliphatic carboxylic acids is 1. The van der Waals surface area contributed by atoms with Gasteiger partial charge >= 0.3 is 5.97 Å². The van der Waals surface area contributed by atoms with Crippen molar-refractivity contribution >= 4 is 17.8 Å². The molecule has 0 radical (unpaired) electrons. The van der Waals surface area contributed by atoms with E-state index in [1.165, 1.54) is 0 Å². The quantitative estimate of drug-likeness (QED) is 0.767. The maximum atomic E-state index is 10.9. The SMILES string of the molecule is O=C(O)CC1COCCO1.O=C1NC(=O)c2ccccc21. The van der Waals surface area contributed by atoms with Crippen LogP contribution in [-0.4, -0.2) is 48.8 Å². The number of carboxylic acids is 1. The van der Waals surface area contributed by atoms with E-state index in [1.807, 2.05) is 0 Å². The molecule has 2 N–H and O–H groups in total. The van der Waals surface area contributed by atoms with Crippen molar-refractivity contribution in [3.05, 3.63) is 35.4 Å². The largest absolute Gasteiger partial charge is 0.481 e. The number of rotatable bonds is 2. The minimum Gasteiger partial charge on any atom is -0.481 e. The lowest BCUT2D eigenvalue weighted by Gasteiger charge is -2.20. The first-order chi connectivity index (χ1) is 10.1. The van der Waals surface area contributed by atoms with E-state index in [0.29, 0.717) is 30.9 Å². The molecule has 7 nitrogen and oxygen atoms in total. The lowest BCUT2D eigenvalue weighted by atomic mass is 10.1. The van der Waals surface area contributed by atoms with Gasteiger partial charge in [0.05, 0.1) is 43.5 Å². The van der Waals surface area contributed by atoms with Crippen molar-refractivity contribution in [3.8, 4) is 0 Å². The van der Waals surface area contributed by atoms with Gasteiger partial charge in [0.1, 0.15) is 0 Å². The van der Waals surface area contributed by atoms with Crippen molar-refractivity contribution in [2.24, 2.45) is 0 Å². The molecule has 1 unspecified atom stereocenters. The maximum absolute atomic E-state index is 10.9. The van der Waals surface area contributed by atoms with Gasteiger partial charge in [-0.25, -0.2) is 0 Å². The minimum atomic E-state index is -0.837. The van der Waals surface area contributed by atoms with Gasteiger partial charge in [0, 0.05) is 0 Å². The zero-order valence-corrected chi connectivity index (χ0v) is 11.2. The Balaban J connectivity index is 0.000000155. The van der Waals surface area contributed by atoms with Crippen molar-refractivity contribution in [1.82, 2.24) is 5.32 Å². The van der Waals surface area contributed by atoms with E-state index in [0.717, 1.165) is 0 Å². The van der Waals surface area contributed by atoms with Crippen molar-refractivity contribution in [2.75, 3.05) is 19.8 Å². The third-order valence-electron chi connectivity index (χ3n) is 2.93. The van der Waals surface area contributed by atoms with Crippen LogP contribution in [0.3, 0.4) is 0 Å². The van der Waals surface area contributed by atoms with Crippen LogP contribution in [0, 0.1) is 0 Å². The Morgan fingerprint density at radius 3 is 2.29 bits per heavy atom. The van der Waals surface area contributed by atoms with Crippen molar-refractivity contribution < 1.29 is 29.0 Å². The molecule has 1 saturated heterocycles. The molecule has 112 valence electrons. The number of imide groups is 1. The fourth-order valence-electron chi connectivity index (χ4n) is 1.97. The molecule has 0 saturated carbocycles. The van der Waals surface area contributed by atoms with Gasteiger partial charge in [-0.05, 0) is 12.1 Å². The summed E-state index contributed by atoms with van der Waals surface area (Å²) in [6.45, 7) is 1.50. The fraction of sp³-hybridized carbons (Fsp3) is 0.357. The summed E-state index contributed by atoms with van der Waals surface area (Å²) in [7, 11) is 0. The van der Waals surface area contributed by atoms with Gasteiger partial charge in [-0.1, -0.05) is 12.1 Å². The summed E-state index contributed by atoms with van der Waals surface area (Å²) in [6, 6.07) is 6.74. The van der Waals surface area contributed by atoms with E-state index >= 15 is 0 Å². The monoisotopic (exact) mass is 293 g/mol. The van der Waals surface area contributed by atoms with E-state index in [9.17, 15) is 14.4 Å². The molecule has 3 rings (SSSR count). The van der Waals surface area contributed by atoms with Crippen molar-refractivity contribution in [2.45, 2.75) is 12.5 Å². The molecular formula is C14H15NO6. The van der Waals surface area contributed by atoms with Crippen LogP contribution in [0.5, 0.6) is 0 Å². The van der Waals surface area contributed by atoms with Gasteiger partial charge in [0.2, 0.25) is 0 Å². The van der Waals surface area contributed by atoms with E-state index in [1.54, 1.807) is 24.3 Å². The zero-order chi connectivity index (χ0) is 15.2. The smallest absolute Gasteiger partial charge is 0.306 e. The van der Waals surface area contributed by atoms with E-state index < -0.39 is 5.97 Å². The topological polar surface area (TPSA) is 102 Å². The van der Waals surface area contributed by atoms with E-state index in [-0.39, 0.29) is 24.3 Å². The Morgan fingerprint density at radius 2 is 1.81 bits per heavy atom. The number of benzene rings is 1. The Kier molecular flexibility index (Phi) is 5.02. The molecule has 2 aliphatic rings. The number of fused-ring (bicyclic) bond motifs is 1. The highest BCUT2D eigenvalue weighted by Gasteiger charge is 2.25. The number of hydrogen-bond donors (Lipinski definition) is 2. The highest BCUT2D eigenvalue weighted by Crippen LogP contribution is 2.13. The molecule has 2 heterocycles. The summed E-state index contributed by atoms with van der Waals surface area (Å²) >= 11 is 0. The minimum absolute atomic E-state index is 0.0417. The summed E-state index contributed by atoms with van der Waals surface area (Å²) < 4.78 is 10.1. The maximum Gasteiger partial charge on any atom is 0.306 e. The molecule has 1 aromatic carbocycles. The molecule has 1 aromatic rings. The zero-order valence-electron chi connectivity index (χ0n) is 11.2. The van der Waals surface area contributed by atoms with Crippen LogP contribution in [0.2, 0.25) is 0 Å². The first kappa shape index (κ1) is 15.1. The fourth-order valence-corrected chi connectivity index (χ4v) is 1.97. The normalized spacial score (nSPS) is 20.1. The number of carbonyl (C=O) groups excluding carboxylic acids is 2. The van der Waals surface area contributed by atoms with Gasteiger partial charge in [0.25, 0.3) is 11.8 Å². The molecule has 2 amide bonds. The van der Waals surface area contributed by atoms with Crippen LogP contribution in [0.15, 0.2) is 24.3 Å². The first-order valence-corrected chi connectivity index (χ1v) is 6.44. The summed E-state index contributed by atoms with van der Waals surface area (Å²) in [5, 5.41) is 10.5. The van der Waals surface area contributed by atoms with Gasteiger partial charge in [-0.15, -0.1) is 0 Å². The lowest BCUT2D eigenvalue weighted by Crippen LogP contribution is -2.30. The van der Waals surface area contributed by atoms with Crippen molar-refractivity contribution in [1.29, 1.82) is 0 Å². The van der Waals surface area contributed by atoms with Crippen LogP contribution in [0.25, 0.3) is 0 Å². The molecule has 7 heteroatoms. The number of carboxylic acid groups (broad SMARTS) is 1. The summed E-state index contributed by atoms with van der Waals surface area (Å²) in [6.07, 6.45) is -0.203. The molecule has 0 aromatic heterocycles. The van der Waals surface area contributed by atoms with Crippen LogP contribution in [0.1, 0.15) is 27.1 Å². The predicted octanol–water partition coefficient (Wildman–Crippen LogP) is 0.447. The van der Waals surface area contributed by atoms with Gasteiger partial charge < -0.3 is 14.6 Å². The molecule has 0 bridgehead atoms. The first-order valence-electron chi connectivity index (χ1n) is 6.44. The molecule has 0 aliphatic carbocycles. The van der Waals surface area contributed by atoms with Crippen LogP contribution >= 0.6 is 0 Å². The summed E-state index contributed by atoms with van der Waals surface area (Å²) in [4.78, 5) is 32.0. The predicted molar refractivity (Wildman–Crippen MR) is 71.1 cm³/mol. The number of amides is 2. The van der Waals surface area contributed by atoms with Gasteiger partial charge in [-0.2, -0.15) is 0 Å². The second kappa shape index (κ2) is 6.96. The van der Waals surface area contributed by atoms with Crippen LogP contribution in [-0.2, 0) is 14.3 Å². The highest BCUT2D eigenvalue weighted by atomic mass is 16.6. The van der Waals surface area contributed by atoms with Crippen molar-refractivity contribution in [3.63, 3.8) is 0 Å². The average Bonchev–Trinajstić information content (AvgIpc) is 2.76. The van der Waals surface area contributed by atoms with Crippen LogP contribution < -0.4 is 5.32 Å². The molecule has 21 heavy (non-hydrogen) atoms. The molecule has 0 spiro atoms. The third kappa shape index (κ3) is 4.11. The molecule has 1 atom stereocenters. The second-order valence-corrected chi connectivity index (χ2v) is 4.49. The number of carbonyl (C=O) groups is 3. The Bertz CT molecular complexity index is 517. The third-order valence-corrected chi connectivity index (χ3v) is 2.93. The number of nitrogens with one attached hydrogen (secondary N) is 1. The standard InChI is InChI=1S/C8H5NO2.C6H10O4/c10-7-5-3-1-2-4-6(5)8(11)9-7;7-6(8)3-5-4-9-1-2-10-5/h1-4H,(H,9,10,11);5H,1-4H2,(H,7,8). The Hall–Kier alpha value is -2.25. The lowest BCUT2D eigenvalue weighted by molar-refractivity contribution is -0.146. The van der Waals surface area contributed by atoms with Gasteiger partial charge in [0.15, 0.2) is 0 Å². The summed E-state index contributed by atoms with van der Waals surface area (Å²) in [5.74, 6) is -1.44. The molecular weight excluding hydrogens is 278 g/mol. The Morgan fingerprint density at radius 1 is 1.19 bits per heavy atom. The number of hydrogen-bond acceptors (Lipinski definition) is 5. The molecule has 1 fully saturated rings. The van der Waals surface area contributed by atoms with Crippen LogP contribution in [0.4, 0.5) is 0 Å². The molecule has 2 aliphatic heterocycles. The van der Waals surface area contributed by atoms with Gasteiger partial charge in [-0.3, -0.25) is 19.7 Å². The van der Waals surface area contributed by atoms with E-state index in [4.69, 9.17) is 14.6 Å². The number of ether oxygens (including phenoxy) is 2. The van der Waals surface area contributed by atoms with E-state index in [2.05, 4.69) is 5.32 Å².